The van der Waals surface area contributed by atoms with Crippen LogP contribution in [0.2, 0.25) is 0 Å². The fourth-order valence-electron chi connectivity index (χ4n) is 3.07. The molecule has 0 N–H and O–H groups in total. The average Bonchev–Trinajstić information content (AvgIpc) is 2.45. The van der Waals surface area contributed by atoms with Crippen molar-refractivity contribution in [2.75, 3.05) is 13.4 Å². The van der Waals surface area contributed by atoms with Crippen LogP contribution in [-0.2, 0) is 9.84 Å². The zero-order valence-corrected chi connectivity index (χ0v) is 14.3. The van der Waals surface area contributed by atoms with Crippen molar-refractivity contribution in [3.05, 3.63) is 23.8 Å². The standard InChI is InChI=1S/C16H23NO4S/c1-11-6-5-7-12(2)17(11)16(18)13-8-9-14(21-3)15(10-13)22(4,19)20/h8-12H,5-7H2,1-4H3. The second kappa shape index (κ2) is 6.28. The van der Waals surface area contributed by atoms with E-state index in [1.807, 2.05) is 18.7 Å². The molecule has 2 rings (SSSR count). The van der Waals surface area contributed by atoms with Crippen LogP contribution < -0.4 is 4.74 Å². The van der Waals surface area contributed by atoms with Gasteiger partial charge in [-0.25, -0.2) is 8.42 Å². The predicted octanol–water partition coefficient (Wildman–Crippen LogP) is 2.50. The number of amides is 1. The quantitative estimate of drug-likeness (QED) is 0.856. The van der Waals surface area contributed by atoms with E-state index in [1.54, 1.807) is 12.1 Å². The van der Waals surface area contributed by atoms with E-state index in [2.05, 4.69) is 0 Å². The van der Waals surface area contributed by atoms with Crippen LogP contribution in [0.25, 0.3) is 0 Å². The van der Waals surface area contributed by atoms with Gasteiger partial charge in [0.25, 0.3) is 5.91 Å². The van der Waals surface area contributed by atoms with Crippen LogP contribution in [0.15, 0.2) is 23.1 Å². The minimum Gasteiger partial charge on any atom is -0.495 e. The number of benzene rings is 1. The molecule has 22 heavy (non-hydrogen) atoms. The van der Waals surface area contributed by atoms with E-state index in [4.69, 9.17) is 4.74 Å². The molecule has 1 heterocycles. The zero-order chi connectivity index (χ0) is 16.5. The number of ether oxygens (including phenoxy) is 1. The molecule has 1 aliphatic heterocycles. The summed E-state index contributed by atoms with van der Waals surface area (Å²) < 4.78 is 28.9. The van der Waals surface area contributed by atoms with Crippen molar-refractivity contribution in [1.29, 1.82) is 0 Å². The van der Waals surface area contributed by atoms with Gasteiger partial charge in [0.2, 0.25) is 0 Å². The van der Waals surface area contributed by atoms with Gasteiger partial charge in [0, 0.05) is 23.9 Å². The molecule has 2 atom stereocenters. The van der Waals surface area contributed by atoms with E-state index in [1.165, 1.54) is 13.2 Å². The Balaban J connectivity index is 2.42. The topological polar surface area (TPSA) is 63.7 Å². The molecular formula is C16H23NO4S. The molecule has 0 radical (unpaired) electrons. The number of carbonyl (C=O) groups excluding carboxylic acids is 1. The Morgan fingerprint density at radius 1 is 1.23 bits per heavy atom. The number of methoxy groups -OCH3 is 1. The number of hydrogen-bond acceptors (Lipinski definition) is 4. The van der Waals surface area contributed by atoms with Crippen molar-refractivity contribution in [2.45, 2.75) is 50.1 Å². The summed E-state index contributed by atoms with van der Waals surface area (Å²) in [6.45, 7) is 4.07. The monoisotopic (exact) mass is 325 g/mol. The van der Waals surface area contributed by atoms with E-state index >= 15 is 0 Å². The number of piperidine rings is 1. The van der Waals surface area contributed by atoms with Gasteiger partial charge in [-0.3, -0.25) is 4.79 Å². The molecule has 122 valence electrons. The summed E-state index contributed by atoms with van der Waals surface area (Å²) in [6.07, 6.45) is 4.19. The van der Waals surface area contributed by atoms with Gasteiger partial charge in [-0.1, -0.05) is 0 Å². The van der Waals surface area contributed by atoms with Crippen molar-refractivity contribution in [3.63, 3.8) is 0 Å². The molecule has 1 aromatic carbocycles. The summed E-state index contributed by atoms with van der Waals surface area (Å²) in [7, 11) is -2.04. The molecule has 1 saturated heterocycles. The number of sulfone groups is 1. The molecule has 2 unspecified atom stereocenters. The maximum atomic E-state index is 12.8. The van der Waals surface area contributed by atoms with Crippen molar-refractivity contribution >= 4 is 15.7 Å². The van der Waals surface area contributed by atoms with Crippen LogP contribution in [0, 0.1) is 0 Å². The largest absolute Gasteiger partial charge is 0.495 e. The van der Waals surface area contributed by atoms with Gasteiger partial charge in [-0.05, 0) is 51.3 Å². The maximum absolute atomic E-state index is 12.8. The molecule has 1 aromatic rings. The smallest absolute Gasteiger partial charge is 0.254 e. The van der Waals surface area contributed by atoms with E-state index in [9.17, 15) is 13.2 Å². The fourth-order valence-corrected chi connectivity index (χ4v) is 3.93. The molecule has 1 fully saturated rings. The van der Waals surface area contributed by atoms with Gasteiger partial charge < -0.3 is 9.64 Å². The third-order valence-electron chi connectivity index (χ3n) is 4.24. The fraction of sp³-hybridized carbons (Fsp3) is 0.562. The van der Waals surface area contributed by atoms with Crippen LogP contribution in [0.5, 0.6) is 5.75 Å². The number of hydrogen-bond donors (Lipinski definition) is 0. The lowest BCUT2D eigenvalue weighted by Gasteiger charge is -2.39. The first-order valence-electron chi connectivity index (χ1n) is 7.46. The van der Waals surface area contributed by atoms with E-state index in [0.717, 1.165) is 25.5 Å². The lowest BCUT2D eigenvalue weighted by atomic mass is 9.96. The minimum absolute atomic E-state index is 0.0539. The Morgan fingerprint density at radius 2 is 1.82 bits per heavy atom. The summed E-state index contributed by atoms with van der Waals surface area (Å²) in [5, 5.41) is 0. The zero-order valence-electron chi connectivity index (χ0n) is 13.5. The van der Waals surface area contributed by atoms with Gasteiger partial charge >= 0.3 is 0 Å². The molecule has 1 amide bonds. The summed E-state index contributed by atoms with van der Waals surface area (Å²) in [5.41, 5.74) is 0.391. The molecular weight excluding hydrogens is 302 g/mol. The first kappa shape index (κ1) is 16.8. The Labute approximate surface area is 132 Å². The van der Waals surface area contributed by atoms with Gasteiger partial charge in [0.1, 0.15) is 10.6 Å². The van der Waals surface area contributed by atoms with Crippen LogP contribution in [0.1, 0.15) is 43.5 Å². The summed E-state index contributed by atoms with van der Waals surface area (Å²) in [4.78, 5) is 14.7. The Bertz CT molecular complexity index is 659. The Morgan fingerprint density at radius 3 is 2.32 bits per heavy atom. The van der Waals surface area contributed by atoms with Crippen LogP contribution >= 0.6 is 0 Å². The van der Waals surface area contributed by atoms with Gasteiger partial charge in [-0.2, -0.15) is 0 Å². The number of likely N-dealkylation sites (tertiary alicyclic amines) is 1. The third kappa shape index (κ3) is 3.27. The van der Waals surface area contributed by atoms with E-state index in [0.29, 0.717) is 5.56 Å². The molecule has 0 aliphatic carbocycles. The SMILES string of the molecule is COc1ccc(C(=O)N2C(C)CCCC2C)cc1S(C)(=O)=O. The number of rotatable bonds is 3. The van der Waals surface area contributed by atoms with Crippen molar-refractivity contribution < 1.29 is 17.9 Å². The molecule has 0 spiro atoms. The molecule has 0 bridgehead atoms. The van der Waals surface area contributed by atoms with Crippen LogP contribution in [0.4, 0.5) is 0 Å². The Kier molecular flexibility index (Phi) is 4.80. The normalized spacial score (nSPS) is 22.5. The lowest BCUT2D eigenvalue weighted by molar-refractivity contribution is 0.0510. The third-order valence-corrected chi connectivity index (χ3v) is 5.36. The van der Waals surface area contributed by atoms with Crippen molar-refractivity contribution in [1.82, 2.24) is 4.90 Å². The molecule has 5 nitrogen and oxygen atoms in total. The minimum atomic E-state index is -3.46. The van der Waals surface area contributed by atoms with E-state index < -0.39 is 9.84 Å². The van der Waals surface area contributed by atoms with Crippen LogP contribution in [0.3, 0.4) is 0 Å². The lowest BCUT2D eigenvalue weighted by Crippen LogP contribution is -2.47. The first-order valence-corrected chi connectivity index (χ1v) is 9.35. The van der Waals surface area contributed by atoms with Crippen molar-refractivity contribution in [2.24, 2.45) is 0 Å². The average molecular weight is 325 g/mol. The highest BCUT2D eigenvalue weighted by Crippen LogP contribution is 2.28. The highest BCUT2D eigenvalue weighted by molar-refractivity contribution is 7.90. The second-order valence-corrected chi connectivity index (χ2v) is 7.96. The second-order valence-electron chi connectivity index (χ2n) is 5.98. The van der Waals surface area contributed by atoms with Crippen molar-refractivity contribution in [3.8, 4) is 5.75 Å². The van der Waals surface area contributed by atoms with Gasteiger partial charge in [0.05, 0.1) is 7.11 Å². The van der Waals surface area contributed by atoms with Crippen LogP contribution in [-0.4, -0.2) is 44.7 Å². The highest BCUT2D eigenvalue weighted by atomic mass is 32.2. The molecule has 1 aliphatic rings. The van der Waals surface area contributed by atoms with Gasteiger partial charge in [-0.15, -0.1) is 0 Å². The summed E-state index contributed by atoms with van der Waals surface area (Å²) in [5.74, 6) is 0.144. The maximum Gasteiger partial charge on any atom is 0.254 e. The van der Waals surface area contributed by atoms with Gasteiger partial charge in [0.15, 0.2) is 9.84 Å². The summed E-state index contributed by atoms with van der Waals surface area (Å²) in [6, 6.07) is 4.93. The summed E-state index contributed by atoms with van der Waals surface area (Å²) >= 11 is 0. The Hall–Kier alpha value is -1.56. The number of carbonyl (C=O) groups is 1. The first-order chi connectivity index (χ1) is 10.3. The number of nitrogens with zero attached hydrogens (tertiary/aromatic N) is 1. The molecule has 0 aromatic heterocycles. The van der Waals surface area contributed by atoms with E-state index in [-0.39, 0.29) is 28.6 Å². The highest BCUT2D eigenvalue weighted by Gasteiger charge is 2.30. The predicted molar refractivity (Wildman–Crippen MR) is 85.0 cm³/mol. The molecule has 6 heteroatoms. The molecule has 0 saturated carbocycles.